The van der Waals surface area contributed by atoms with Crippen molar-refractivity contribution < 1.29 is 0 Å². The molecule has 0 fully saturated rings. The fraction of sp³-hybridized carbons (Fsp3) is 0.636. The zero-order chi connectivity index (χ0) is 10.1. The van der Waals surface area contributed by atoms with Crippen LogP contribution in [0.1, 0.15) is 24.1 Å². The van der Waals surface area contributed by atoms with E-state index in [4.69, 9.17) is 5.73 Å². The molecule has 1 rings (SSSR count). The Balaban J connectivity index is 1.85. The quantitative estimate of drug-likeness (QED) is 0.693. The number of rotatable bonds is 8. The van der Waals surface area contributed by atoms with Crippen LogP contribution in [-0.2, 0) is 6.42 Å². The maximum atomic E-state index is 5.43. The summed E-state index contributed by atoms with van der Waals surface area (Å²) < 4.78 is 0. The van der Waals surface area contributed by atoms with Gasteiger partial charge in [0.1, 0.15) is 0 Å². The molecule has 0 unspecified atom stereocenters. The van der Waals surface area contributed by atoms with Crippen molar-refractivity contribution in [2.24, 2.45) is 5.73 Å². The van der Waals surface area contributed by atoms with Crippen LogP contribution in [-0.4, -0.2) is 18.1 Å². The zero-order valence-corrected chi connectivity index (χ0v) is 10.2. The molecular formula is C11H19NS2. The van der Waals surface area contributed by atoms with Crippen molar-refractivity contribution in [3.63, 3.8) is 0 Å². The summed E-state index contributed by atoms with van der Waals surface area (Å²) in [6, 6.07) is 4.36. The molecule has 0 aliphatic carbocycles. The molecule has 80 valence electrons. The number of nitrogens with two attached hydrogens (primary N) is 1. The minimum absolute atomic E-state index is 0.843. The van der Waals surface area contributed by atoms with Gasteiger partial charge in [-0.3, -0.25) is 0 Å². The first kappa shape index (κ1) is 12.1. The molecule has 14 heavy (non-hydrogen) atoms. The van der Waals surface area contributed by atoms with Crippen LogP contribution in [0, 0.1) is 0 Å². The van der Waals surface area contributed by atoms with E-state index in [9.17, 15) is 0 Å². The summed E-state index contributed by atoms with van der Waals surface area (Å²) >= 11 is 3.93. The van der Waals surface area contributed by atoms with Crippen molar-refractivity contribution in [2.45, 2.75) is 25.7 Å². The molecule has 3 heteroatoms. The first-order valence-electron chi connectivity index (χ1n) is 5.23. The summed E-state index contributed by atoms with van der Waals surface area (Å²) in [6.45, 7) is 0.843. The minimum atomic E-state index is 0.843. The van der Waals surface area contributed by atoms with Gasteiger partial charge in [0.15, 0.2) is 0 Å². The van der Waals surface area contributed by atoms with Gasteiger partial charge in [-0.2, -0.15) is 11.8 Å². The maximum Gasteiger partial charge on any atom is 0.00455 e. The van der Waals surface area contributed by atoms with Crippen LogP contribution < -0.4 is 5.73 Å². The molecule has 1 nitrogen and oxygen atoms in total. The largest absolute Gasteiger partial charge is 0.330 e. The first-order valence-corrected chi connectivity index (χ1v) is 7.27. The summed E-state index contributed by atoms with van der Waals surface area (Å²) in [5, 5.41) is 2.16. The predicted molar refractivity (Wildman–Crippen MR) is 68.3 cm³/mol. The highest BCUT2D eigenvalue weighted by molar-refractivity contribution is 7.99. The van der Waals surface area contributed by atoms with Crippen molar-refractivity contribution >= 4 is 23.1 Å². The topological polar surface area (TPSA) is 26.0 Å². The van der Waals surface area contributed by atoms with E-state index in [1.165, 1.54) is 42.1 Å². The normalized spacial score (nSPS) is 10.6. The second kappa shape index (κ2) is 8.33. The highest BCUT2D eigenvalue weighted by Crippen LogP contribution is 2.13. The fourth-order valence-electron chi connectivity index (χ4n) is 1.25. The van der Waals surface area contributed by atoms with Gasteiger partial charge in [0.2, 0.25) is 0 Å². The molecule has 0 saturated carbocycles. The lowest BCUT2D eigenvalue weighted by atomic mass is 10.3. The van der Waals surface area contributed by atoms with Gasteiger partial charge in [-0.25, -0.2) is 0 Å². The van der Waals surface area contributed by atoms with E-state index in [0.717, 1.165) is 6.54 Å². The number of thiophene rings is 1. The monoisotopic (exact) mass is 229 g/mol. The van der Waals surface area contributed by atoms with Crippen molar-refractivity contribution in [1.82, 2.24) is 0 Å². The van der Waals surface area contributed by atoms with Crippen LogP contribution in [0.5, 0.6) is 0 Å². The highest BCUT2D eigenvalue weighted by Gasteiger charge is 1.94. The molecule has 0 radical (unpaired) electrons. The molecule has 0 saturated heterocycles. The number of aryl methyl sites for hydroxylation is 1. The Morgan fingerprint density at radius 1 is 1.21 bits per heavy atom. The van der Waals surface area contributed by atoms with E-state index in [2.05, 4.69) is 29.3 Å². The third kappa shape index (κ3) is 5.68. The van der Waals surface area contributed by atoms with Gasteiger partial charge in [0.05, 0.1) is 0 Å². The Morgan fingerprint density at radius 2 is 2.07 bits per heavy atom. The molecule has 2 N–H and O–H groups in total. The molecule has 0 bridgehead atoms. The van der Waals surface area contributed by atoms with Crippen LogP contribution in [0.4, 0.5) is 0 Å². The van der Waals surface area contributed by atoms with Crippen LogP contribution in [0.25, 0.3) is 0 Å². The predicted octanol–water partition coefficient (Wildman–Crippen LogP) is 3.15. The summed E-state index contributed by atoms with van der Waals surface area (Å²) in [5.74, 6) is 2.57. The van der Waals surface area contributed by atoms with E-state index in [0.29, 0.717) is 0 Å². The molecular weight excluding hydrogens is 210 g/mol. The Bertz CT molecular complexity index is 209. The molecule has 0 aliphatic rings. The van der Waals surface area contributed by atoms with Crippen LogP contribution >= 0.6 is 23.1 Å². The van der Waals surface area contributed by atoms with Gasteiger partial charge < -0.3 is 5.73 Å². The highest BCUT2D eigenvalue weighted by atomic mass is 32.2. The second-order valence-electron chi connectivity index (χ2n) is 3.29. The lowest BCUT2D eigenvalue weighted by Gasteiger charge is -2.00. The van der Waals surface area contributed by atoms with E-state index in [1.54, 1.807) is 0 Å². The van der Waals surface area contributed by atoms with E-state index < -0.39 is 0 Å². The average Bonchev–Trinajstić information content (AvgIpc) is 2.69. The molecule has 0 atom stereocenters. The van der Waals surface area contributed by atoms with E-state index >= 15 is 0 Å². The van der Waals surface area contributed by atoms with Crippen LogP contribution in [0.3, 0.4) is 0 Å². The summed E-state index contributed by atoms with van der Waals surface area (Å²) in [5.41, 5.74) is 5.43. The molecule has 1 aromatic rings. The van der Waals surface area contributed by atoms with Crippen molar-refractivity contribution in [3.8, 4) is 0 Å². The van der Waals surface area contributed by atoms with E-state index in [-0.39, 0.29) is 0 Å². The molecule has 0 spiro atoms. The zero-order valence-electron chi connectivity index (χ0n) is 8.58. The molecule has 0 aromatic carbocycles. The molecule has 0 aliphatic heterocycles. The summed E-state index contributed by atoms with van der Waals surface area (Å²) in [4.78, 5) is 1.52. The number of hydrogen-bond donors (Lipinski definition) is 1. The van der Waals surface area contributed by atoms with Crippen molar-refractivity contribution in [3.05, 3.63) is 22.4 Å². The Morgan fingerprint density at radius 3 is 2.79 bits per heavy atom. The summed E-state index contributed by atoms with van der Waals surface area (Å²) in [6.07, 6.45) is 5.02. The molecule has 1 aromatic heterocycles. The van der Waals surface area contributed by atoms with Crippen LogP contribution in [0.15, 0.2) is 17.5 Å². The Kier molecular flexibility index (Phi) is 7.19. The van der Waals surface area contributed by atoms with Crippen molar-refractivity contribution in [2.75, 3.05) is 18.1 Å². The van der Waals surface area contributed by atoms with Gasteiger partial charge in [0.25, 0.3) is 0 Å². The first-order chi connectivity index (χ1) is 6.93. The Labute approximate surface area is 95.1 Å². The SMILES string of the molecule is NCCCCSCCCc1cccs1. The third-order valence-corrected chi connectivity index (χ3v) is 4.13. The maximum absolute atomic E-state index is 5.43. The smallest absolute Gasteiger partial charge is 0.00455 e. The average molecular weight is 229 g/mol. The molecule has 0 amide bonds. The lowest BCUT2D eigenvalue weighted by Crippen LogP contribution is -1.98. The van der Waals surface area contributed by atoms with Crippen molar-refractivity contribution in [1.29, 1.82) is 0 Å². The fourth-order valence-corrected chi connectivity index (χ4v) is 2.97. The third-order valence-electron chi connectivity index (χ3n) is 2.03. The summed E-state index contributed by atoms with van der Waals surface area (Å²) in [7, 11) is 0. The lowest BCUT2D eigenvalue weighted by molar-refractivity contribution is 0.813. The number of unbranched alkanes of at least 4 members (excludes halogenated alkanes) is 1. The van der Waals surface area contributed by atoms with Gasteiger partial charge >= 0.3 is 0 Å². The van der Waals surface area contributed by atoms with Gasteiger partial charge in [-0.1, -0.05) is 6.07 Å². The van der Waals surface area contributed by atoms with Crippen LogP contribution in [0.2, 0.25) is 0 Å². The Hall–Kier alpha value is 0.01000. The van der Waals surface area contributed by atoms with E-state index in [1.807, 2.05) is 11.3 Å². The van der Waals surface area contributed by atoms with Gasteiger partial charge in [-0.15, -0.1) is 11.3 Å². The molecule has 1 heterocycles. The number of hydrogen-bond acceptors (Lipinski definition) is 3. The minimum Gasteiger partial charge on any atom is -0.330 e. The van der Waals surface area contributed by atoms with Gasteiger partial charge in [-0.05, 0) is 55.2 Å². The number of thioether (sulfide) groups is 1. The second-order valence-corrected chi connectivity index (χ2v) is 5.55. The van der Waals surface area contributed by atoms with Gasteiger partial charge in [0, 0.05) is 4.88 Å². The standard InChI is InChI=1S/C11H19NS2/c12-7-1-2-8-13-9-3-5-11-6-4-10-14-11/h4,6,10H,1-3,5,7-9,12H2.